The first-order valence-corrected chi connectivity index (χ1v) is 10.0. The van der Waals surface area contributed by atoms with Crippen LogP contribution in [0.4, 0.5) is 11.4 Å². The third-order valence-corrected chi connectivity index (χ3v) is 5.28. The van der Waals surface area contributed by atoms with Crippen molar-refractivity contribution in [1.82, 2.24) is 4.90 Å². The molecule has 3 rings (SSSR count). The van der Waals surface area contributed by atoms with Crippen molar-refractivity contribution in [2.45, 2.75) is 40.0 Å². The maximum atomic E-state index is 12.7. The van der Waals surface area contributed by atoms with E-state index in [1.807, 2.05) is 31.7 Å². The van der Waals surface area contributed by atoms with Crippen LogP contribution in [0.15, 0.2) is 30.3 Å². The zero-order chi connectivity index (χ0) is 21.0. The molecule has 3 N–H and O–H groups in total. The second kappa shape index (κ2) is 10.3. The molecule has 162 valence electrons. The standard InChI is InChI=1S/C23H29N3O3.ClH/c1-15-7-8-19(24)13-20(15)25-23(28)18-11-16(2)22(17(3)12-18)29-14-21(27)26-9-5-4-6-10-26;/h7-8,11-13H,4-6,9-10,14,24H2,1-3H3,(H,25,28);1H. The molecule has 1 aliphatic heterocycles. The smallest absolute Gasteiger partial charge is 0.260 e. The van der Waals surface area contributed by atoms with E-state index in [4.69, 9.17) is 10.5 Å². The van der Waals surface area contributed by atoms with Crippen molar-refractivity contribution in [2.75, 3.05) is 30.7 Å². The van der Waals surface area contributed by atoms with Gasteiger partial charge in [-0.1, -0.05) is 6.07 Å². The summed E-state index contributed by atoms with van der Waals surface area (Å²) in [6, 6.07) is 8.99. The first-order valence-electron chi connectivity index (χ1n) is 10.0. The lowest BCUT2D eigenvalue weighted by Crippen LogP contribution is -2.38. The van der Waals surface area contributed by atoms with Gasteiger partial charge in [0.1, 0.15) is 5.75 Å². The van der Waals surface area contributed by atoms with Crippen molar-refractivity contribution in [2.24, 2.45) is 0 Å². The van der Waals surface area contributed by atoms with Crippen LogP contribution in [0.2, 0.25) is 0 Å². The van der Waals surface area contributed by atoms with Crippen molar-refractivity contribution in [3.8, 4) is 5.75 Å². The molecular formula is C23H30ClN3O3. The Morgan fingerprint density at radius 3 is 2.27 bits per heavy atom. The highest BCUT2D eigenvalue weighted by Gasteiger charge is 2.18. The van der Waals surface area contributed by atoms with Gasteiger partial charge < -0.3 is 20.7 Å². The van der Waals surface area contributed by atoms with Crippen molar-refractivity contribution in [3.63, 3.8) is 0 Å². The van der Waals surface area contributed by atoms with Crippen LogP contribution < -0.4 is 15.8 Å². The predicted molar refractivity (Wildman–Crippen MR) is 123 cm³/mol. The number of nitrogens with two attached hydrogens (primary N) is 1. The summed E-state index contributed by atoms with van der Waals surface area (Å²) < 4.78 is 5.83. The third-order valence-electron chi connectivity index (χ3n) is 5.28. The van der Waals surface area contributed by atoms with E-state index in [1.54, 1.807) is 24.3 Å². The minimum absolute atomic E-state index is 0. The molecule has 6 nitrogen and oxygen atoms in total. The largest absolute Gasteiger partial charge is 0.483 e. The lowest BCUT2D eigenvalue weighted by molar-refractivity contribution is -0.134. The summed E-state index contributed by atoms with van der Waals surface area (Å²) in [5.74, 6) is 0.468. The Balaban J connectivity index is 0.00000320. The number of rotatable bonds is 5. The number of hydrogen-bond acceptors (Lipinski definition) is 4. The number of nitrogens with one attached hydrogen (secondary N) is 1. The second-order valence-electron chi connectivity index (χ2n) is 7.70. The molecule has 0 radical (unpaired) electrons. The van der Waals surface area contributed by atoms with Crippen LogP contribution in [0, 0.1) is 20.8 Å². The summed E-state index contributed by atoms with van der Waals surface area (Å²) in [4.78, 5) is 26.9. The first-order chi connectivity index (χ1) is 13.8. The average molecular weight is 432 g/mol. The van der Waals surface area contributed by atoms with Gasteiger partial charge in [0.25, 0.3) is 11.8 Å². The molecule has 0 aliphatic carbocycles. The third kappa shape index (κ3) is 5.66. The summed E-state index contributed by atoms with van der Waals surface area (Å²) >= 11 is 0. The molecule has 0 aromatic heterocycles. The summed E-state index contributed by atoms with van der Waals surface area (Å²) in [6.45, 7) is 7.33. The Morgan fingerprint density at radius 2 is 1.63 bits per heavy atom. The quantitative estimate of drug-likeness (QED) is 0.692. The number of carbonyl (C=O) groups excluding carboxylic acids is 2. The molecule has 1 saturated heterocycles. The zero-order valence-electron chi connectivity index (χ0n) is 17.8. The molecule has 0 bridgehead atoms. The minimum atomic E-state index is -0.208. The zero-order valence-corrected chi connectivity index (χ0v) is 18.6. The Bertz CT molecular complexity index is 901. The molecule has 1 aliphatic rings. The average Bonchev–Trinajstić information content (AvgIpc) is 2.70. The number of aryl methyl sites for hydroxylation is 3. The number of nitrogens with zero attached hydrogens (tertiary/aromatic N) is 1. The topological polar surface area (TPSA) is 84.7 Å². The fraction of sp³-hybridized carbons (Fsp3) is 0.391. The molecular weight excluding hydrogens is 402 g/mol. The molecule has 0 saturated carbocycles. The maximum Gasteiger partial charge on any atom is 0.260 e. The van der Waals surface area contributed by atoms with E-state index in [-0.39, 0.29) is 30.8 Å². The van der Waals surface area contributed by atoms with Crippen LogP contribution in [-0.4, -0.2) is 36.4 Å². The summed E-state index contributed by atoms with van der Waals surface area (Å²) in [6.07, 6.45) is 3.29. The van der Waals surface area contributed by atoms with Crippen LogP contribution in [0.1, 0.15) is 46.3 Å². The molecule has 0 unspecified atom stereocenters. The Kier molecular flexibility index (Phi) is 8.12. The number of anilines is 2. The van der Waals surface area contributed by atoms with Gasteiger partial charge in [0.2, 0.25) is 0 Å². The number of benzene rings is 2. The molecule has 1 fully saturated rings. The summed E-state index contributed by atoms with van der Waals surface area (Å²) in [5.41, 5.74) is 10.2. The van der Waals surface area contributed by atoms with E-state index in [2.05, 4.69) is 5.32 Å². The van der Waals surface area contributed by atoms with Gasteiger partial charge in [0.05, 0.1) is 0 Å². The monoisotopic (exact) mass is 431 g/mol. The Labute approximate surface area is 184 Å². The molecule has 0 atom stereocenters. The summed E-state index contributed by atoms with van der Waals surface area (Å²) in [7, 11) is 0. The van der Waals surface area contributed by atoms with Gasteiger partial charge in [-0.3, -0.25) is 9.59 Å². The highest BCUT2D eigenvalue weighted by Crippen LogP contribution is 2.26. The van der Waals surface area contributed by atoms with E-state index in [1.165, 1.54) is 6.42 Å². The number of ether oxygens (including phenoxy) is 1. The molecule has 2 aromatic rings. The maximum absolute atomic E-state index is 12.7. The number of halogens is 1. The van der Waals surface area contributed by atoms with Gasteiger partial charge >= 0.3 is 0 Å². The highest BCUT2D eigenvalue weighted by molar-refractivity contribution is 6.05. The van der Waals surface area contributed by atoms with Crippen LogP contribution in [0.25, 0.3) is 0 Å². The van der Waals surface area contributed by atoms with Gasteiger partial charge in [0, 0.05) is 30.0 Å². The molecule has 7 heteroatoms. The van der Waals surface area contributed by atoms with Gasteiger partial charge in [-0.15, -0.1) is 12.4 Å². The normalized spacial score (nSPS) is 13.4. The predicted octanol–water partition coefficient (Wildman–Crippen LogP) is 4.26. The minimum Gasteiger partial charge on any atom is -0.483 e. The van der Waals surface area contributed by atoms with Gasteiger partial charge in [-0.05, 0) is 81.0 Å². The van der Waals surface area contributed by atoms with Crippen molar-refractivity contribution < 1.29 is 14.3 Å². The lowest BCUT2D eigenvalue weighted by Gasteiger charge is -2.26. The molecule has 2 amide bonds. The van der Waals surface area contributed by atoms with E-state index < -0.39 is 0 Å². The first kappa shape index (κ1) is 23.5. The second-order valence-corrected chi connectivity index (χ2v) is 7.70. The number of nitrogen functional groups attached to an aromatic ring is 1. The van der Waals surface area contributed by atoms with Crippen LogP contribution in [-0.2, 0) is 4.79 Å². The van der Waals surface area contributed by atoms with E-state index in [9.17, 15) is 9.59 Å². The summed E-state index contributed by atoms with van der Waals surface area (Å²) in [5, 5.41) is 2.91. The molecule has 2 aromatic carbocycles. The van der Waals surface area contributed by atoms with Gasteiger partial charge in [0.15, 0.2) is 6.61 Å². The number of amides is 2. The Morgan fingerprint density at radius 1 is 1.00 bits per heavy atom. The van der Waals surface area contributed by atoms with Crippen LogP contribution in [0.3, 0.4) is 0 Å². The molecule has 1 heterocycles. The van der Waals surface area contributed by atoms with Crippen molar-refractivity contribution in [1.29, 1.82) is 0 Å². The highest BCUT2D eigenvalue weighted by atomic mass is 35.5. The Hall–Kier alpha value is -2.73. The number of hydrogen-bond donors (Lipinski definition) is 2. The van der Waals surface area contributed by atoms with Crippen molar-refractivity contribution in [3.05, 3.63) is 52.6 Å². The number of carbonyl (C=O) groups is 2. The number of piperidine rings is 1. The molecule has 0 spiro atoms. The fourth-order valence-electron chi connectivity index (χ4n) is 3.65. The van der Waals surface area contributed by atoms with Crippen LogP contribution >= 0.6 is 12.4 Å². The number of likely N-dealkylation sites (tertiary alicyclic amines) is 1. The lowest BCUT2D eigenvalue weighted by atomic mass is 10.0. The van der Waals surface area contributed by atoms with Crippen LogP contribution in [0.5, 0.6) is 5.75 Å². The van der Waals surface area contributed by atoms with Gasteiger partial charge in [-0.2, -0.15) is 0 Å². The van der Waals surface area contributed by atoms with Gasteiger partial charge in [-0.25, -0.2) is 0 Å². The SMILES string of the molecule is Cc1ccc(N)cc1NC(=O)c1cc(C)c(OCC(=O)N2CCCCC2)c(C)c1.Cl. The fourth-order valence-corrected chi connectivity index (χ4v) is 3.65. The van der Waals surface area contributed by atoms with E-state index in [0.29, 0.717) is 22.7 Å². The van der Waals surface area contributed by atoms with Crippen molar-refractivity contribution >= 4 is 35.6 Å². The van der Waals surface area contributed by atoms with E-state index >= 15 is 0 Å². The van der Waals surface area contributed by atoms with E-state index in [0.717, 1.165) is 42.6 Å². The molecule has 30 heavy (non-hydrogen) atoms.